The summed E-state index contributed by atoms with van der Waals surface area (Å²) in [4.78, 5) is 11.1. The monoisotopic (exact) mass is 320 g/mol. The molecule has 0 saturated carbocycles. The number of benzene rings is 2. The van der Waals surface area contributed by atoms with E-state index in [4.69, 9.17) is 4.74 Å². The van der Waals surface area contributed by atoms with Crippen LogP contribution in [0.1, 0.15) is 5.56 Å². The number of rotatable bonds is 4. The second-order valence-corrected chi connectivity index (χ2v) is 5.21. The minimum absolute atomic E-state index is 0.135. The topological polar surface area (TPSA) is 86.2 Å². The molecule has 7 nitrogen and oxygen atoms in total. The Balaban J connectivity index is 1.84. The highest BCUT2D eigenvalue weighted by molar-refractivity contribution is 7.79. The first-order valence-electron chi connectivity index (χ1n) is 6.33. The van der Waals surface area contributed by atoms with Crippen molar-refractivity contribution >= 4 is 33.8 Å². The van der Waals surface area contributed by atoms with Gasteiger partial charge in [0.25, 0.3) is 0 Å². The number of ether oxygens (including phenoxy) is 2. The molecule has 1 aliphatic rings. The van der Waals surface area contributed by atoms with Gasteiger partial charge < -0.3 is 9.47 Å². The molecule has 0 spiro atoms. The molecule has 8 heteroatoms. The summed E-state index contributed by atoms with van der Waals surface area (Å²) < 4.78 is 29.4. The highest BCUT2D eigenvalue weighted by Crippen LogP contribution is 2.23. The Hall–Kier alpha value is -2.45. The van der Waals surface area contributed by atoms with Gasteiger partial charge >= 0.3 is 17.2 Å². The third kappa shape index (κ3) is 3.07. The summed E-state index contributed by atoms with van der Waals surface area (Å²) >= 11 is -1.69. The molecule has 1 atom stereocenters. The van der Waals surface area contributed by atoms with E-state index in [2.05, 4.69) is 18.9 Å². The maximum absolute atomic E-state index is 11.1. The number of nitrogens with zero attached hydrogens (tertiary/aromatic N) is 1. The molecule has 2 aromatic rings. The lowest BCUT2D eigenvalue weighted by molar-refractivity contribution is -0.142. The molecule has 0 aliphatic carbocycles. The van der Waals surface area contributed by atoms with Crippen LogP contribution in [0.3, 0.4) is 0 Å². The highest BCUT2D eigenvalue weighted by atomic mass is 32.2. The Labute approximate surface area is 128 Å². The number of nitrogens with one attached hydrogen (secondary N) is 1. The molecule has 114 valence electrons. The number of carbonyl (C=O) groups is 1. The first-order chi connectivity index (χ1) is 10.7. The Morgan fingerprint density at radius 1 is 1.27 bits per heavy atom. The average Bonchev–Trinajstić information content (AvgIpc) is 2.98. The number of hydroxylamine groups is 1. The number of amidine groups is 1. The average molecular weight is 320 g/mol. The van der Waals surface area contributed by atoms with E-state index in [0.717, 1.165) is 16.3 Å². The predicted molar refractivity (Wildman–Crippen MR) is 80.4 cm³/mol. The Morgan fingerprint density at radius 3 is 2.77 bits per heavy atom. The Kier molecular flexibility index (Phi) is 4.03. The zero-order chi connectivity index (χ0) is 15.5. The van der Waals surface area contributed by atoms with Gasteiger partial charge in [-0.2, -0.15) is 4.28 Å². The van der Waals surface area contributed by atoms with Crippen molar-refractivity contribution in [2.75, 3.05) is 13.7 Å². The van der Waals surface area contributed by atoms with Crippen LogP contribution < -0.4 is 10.2 Å². The minimum Gasteiger partial charge on any atom is -0.482 e. The predicted octanol–water partition coefficient (Wildman–Crippen LogP) is 1.25. The summed E-state index contributed by atoms with van der Waals surface area (Å²) in [7, 11) is 1.31. The molecule has 1 N–H and O–H groups in total. The smallest absolute Gasteiger partial charge is 0.343 e. The van der Waals surface area contributed by atoms with Crippen LogP contribution in [0.2, 0.25) is 0 Å². The van der Waals surface area contributed by atoms with Crippen LogP contribution in [0.4, 0.5) is 0 Å². The van der Waals surface area contributed by atoms with E-state index in [1.165, 1.54) is 7.11 Å². The molecule has 1 heterocycles. The van der Waals surface area contributed by atoms with Gasteiger partial charge in [0.1, 0.15) is 5.75 Å². The molecule has 0 aromatic heterocycles. The molecule has 3 rings (SSSR count). The van der Waals surface area contributed by atoms with Crippen molar-refractivity contribution in [3.8, 4) is 5.75 Å². The van der Waals surface area contributed by atoms with E-state index < -0.39 is 17.2 Å². The largest absolute Gasteiger partial charge is 0.482 e. The molecular formula is C14H12N2O5S. The maximum Gasteiger partial charge on any atom is 0.343 e. The summed E-state index contributed by atoms with van der Waals surface area (Å²) in [6.45, 7) is -0.135. The van der Waals surface area contributed by atoms with Crippen LogP contribution in [0.5, 0.6) is 5.75 Å². The van der Waals surface area contributed by atoms with Crippen molar-refractivity contribution < 1.29 is 22.8 Å². The zero-order valence-corrected chi connectivity index (χ0v) is 12.4. The second kappa shape index (κ2) is 6.12. The van der Waals surface area contributed by atoms with Crippen molar-refractivity contribution in [3.05, 3.63) is 42.0 Å². The molecule has 0 fully saturated rings. The van der Waals surface area contributed by atoms with Crippen molar-refractivity contribution in [3.63, 3.8) is 0 Å². The van der Waals surface area contributed by atoms with Crippen molar-refractivity contribution in [2.45, 2.75) is 0 Å². The van der Waals surface area contributed by atoms with Gasteiger partial charge in [0.05, 0.1) is 7.11 Å². The summed E-state index contributed by atoms with van der Waals surface area (Å²) in [6, 6.07) is 11.0. The molecule has 2 aromatic carbocycles. The van der Waals surface area contributed by atoms with Gasteiger partial charge in [-0.15, -0.1) is 4.40 Å². The lowest BCUT2D eigenvalue weighted by Gasteiger charge is -2.07. The maximum atomic E-state index is 11.1. The van der Waals surface area contributed by atoms with Gasteiger partial charge in [-0.25, -0.2) is 14.5 Å². The van der Waals surface area contributed by atoms with E-state index in [-0.39, 0.29) is 6.61 Å². The molecule has 1 aliphatic heterocycles. The zero-order valence-electron chi connectivity index (χ0n) is 11.6. The molecular weight excluding hydrogens is 308 g/mol. The quantitative estimate of drug-likeness (QED) is 0.853. The van der Waals surface area contributed by atoms with Crippen LogP contribution in [-0.2, 0) is 25.1 Å². The van der Waals surface area contributed by atoms with Crippen LogP contribution in [0.15, 0.2) is 40.8 Å². The van der Waals surface area contributed by atoms with Gasteiger partial charge in [0.2, 0.25) is 0 Å². The summed E-state index contributed by atoms with van der Waals surface area (Å²) in [5, 5.41) is 1.89. The number of esters is 1. The first kappa shape index (κ1) is 14.5. The number of methoxy groups -OCH3 is 1. The minimum atomic E-state index is -1.69. The van der Waals surface area contributed by atoms with Crippen LogP contribution in [-0.4, -0.2) is 29.7 Å². The summed E-state index contributed by atoms with van der Waals surface area (Å²) in [6.07, 6.45) is 0. The van der Waals surface area contributed by atoms with Gasteiger partial charge in [-0.1, -0.05) is 18.2 Å². The molecule has 0 bridgehead atoms. The lowest BCUT2D eigenvalue weighted by atomic mass is 10.1. The third-order valence-corrected chi connectivity index (χ3v) is 3.60. The van der Waals surface area contributed by atoms with Crippen molar-refractivity contribution in [1.82, 2.24) is 5.48 Å². The number of hydrogen-bond donors (Lipinski definition) is 1. The number of hydrogen-bond acceptors (Lipinski definition) is 6. The van der Waals surface area contributed by atoms with Gasteiger partial charge in [-0.05, 0) is 29.0 Å². The lowest BCUT2D eigenvalue weighted by Crippen LogP contribution is -2.17. The van der Waals surface area contributed by atoms with E-state index in [9.17, 15) is 9.00 Å². The van der Waals surface area contributed by atoms with Gasteiger partial charge in [-0.3, -0.25) is 0 Å². The van der Waals surface area contributed by atoms with Gasteiger partial charge in [0.15, 0.2) is 12.4 Å². The first-order valence-corrected chi connectivity index (χ1v) is 7.36. The normalized spacial score (nSPS) is 17.0. The molecule has 0 amide bonds. The fourth-order valence-corrected chi connectivity index (χ4v) is 2.44. The Bertz CT molecular complexity index is 790. The second-order valence-electron chi connectivity index (χ2n) is 4.43. The van der Waals surface area contributed by atoms with Crippen LogP contribution in [0, 0.1) is 0 Å². The summed E-state index contributed by atoms with van der Waals surface area (Å²) in [5.41, 5.74) is 3.28. The van der Waals surface area contributed by atoms with E-state index in [1.807, 2.05) is 30.3 Å². The number of fused-ring (bicyclic) bond motifs is 1. The van der Waals surface area contributed by atoms with E-state index in [0.29, 0.717) is 11.6 Å². The fourth-order valence-electron chi connectivity index (χ4n) is 1.96. The molecule has 0 saturated heterocycles. The highest BCUT2D eigenvalue weighted by Gasteiger charge is 2.15. The molecule has 1 unspecified atom stereocenters. The third-order valence-electron chi connectivity index (χ3n) is 3.04. The van der Waals surface area contributed by atoms with Crippen molar-refractivity contribution in [2.24, 2.45) is 4.40 Å². The van der Waals surface area contributed by atoms with Crippen molar-refractivity contribution in [1.29, 1.82) is 0 Å². The van der Waals surface area contributed by atoms with Crippen LogP contribution in [0.25, 0.3) is 10.8 Å². The van der Waals surface area contributed by atoms with E-state index in [1.54, 1.807) is 6.07 Å². The standard InChI is InChI=1S/C14H12N2O5S/c1-19-13(17)8-20-12-5-4-9-6-11(3-2-10(9)7-12)14-15-21-22(18)16-14/h2-7H,8H2,1H3,(H,15,16). The summed E-state index contributed by atoms with van der Waals surface area (Å²) in [5.74, 6) is 0.562. The molecule has 0 radical (unpaired) electrons. The Morgan fingerprint density at radius 2 is 2.05 bits per heavy atom. The SMILES string of the molecule is COC(=O)COc1ccc2cc(C3=NS(=O)ON3)ccc2c1. The fraction of sp³-hybridized carbons (Fsp3) is 0.143. The van der Waals surface area contributed by atoms with Gasteiger partial charge in [0, 0.05) is 5.56 Å². The van der Waals surface area contributed by atoms with Crippen LogP contribution >= 0.6 is 0 Å². The van der Waals surface area contributed by atoms with E-state index >= 15 is 0 Å². The molecule has 22 heavy (non-hydrogen) atoms. The number of carbonyl (C=O) groups excluding carboxylic acids is 1.